The molecule has 0 spiro atoms. The average Bonchev–Trinajstić information content (AvgIpc) is 3.54. The van der Waals surface area contributed by atoms with Crippen LogP contribution in [0.5, 0.6) is 5.88 Å². The first kappa shape index (κ1) is 26.5. The lowest BCUT2D eigenvalue weighted by molar-refractivity contribution is -0.118. The number of rotatable bonds is 7. The summed E-state index contributed by atoms with van der Waals surface area (Å²) in [5.74, 6) is -1.19. The van der Waals surface area contributed by atoms with E-state index in [1.54, 1.807) is 18.3 Å². The van der Waals surface area contributed by atoms with Crippen molar-refractivity contribution in [3.63, 3.8) is 0 Å². The summed E-state index contributed by atoms with van der Waals surface area (Å²) in [6, 6.07) is 4.91. The number of allylic oxidation sites excluding steroid dienone is 2. The van der Waals surface area contributed by atoms with Gasteiger partial charge in [-0.05, 0) is 43.5 Å². The zero-order chi connectivity index (χ0) is 24.8. The second-order valence-electron chi connectivity index (χ2n) is 7.83. The highest BCUT2D eigenvalue weighted by Crippen LogP contribution is 2.46. The molecule has 1 aliphatic rings. The molecule has 5 nitrogen and oxygen atoms in total. The van der Waals surface area contributed by atoms with Gasteiger partial charge in [0.1, 0.15) is 0 Å². The maximum absolute atomic E-state index is 14.4. The van der Waals surface area contributed by atoms with Gasteiger partial charge in [-0.15, -0.1) is 0 Å². The molecule has 1 amide bonds. The van der Waals surface area contributed by atoms with E-state index in [1.165, 1.54) is 42.0 Å². The van der Waals surface area contributed by atoms with Crippen molar-refractivity contribution in [1.29, 1.82) is 0 Å². The van der Waals surface area contributed by atoms with Gasteiger partial charge in [-0.2, -0.15) is 8.78 Å². The van der Waals surface area contributed by atoms with E-state index in [0.29, 0.717) is 18.5 Å². The maximum atomic E-state index is 14.4. The van der Waals surface area contributed by atoms with Gasteiger partial charge in [-0.25, -0.2) is 9.37 Å². The number of amides is 1. The predicted octanol–water partition coefficient (Wildman–Crippen LogP) is 5.78. The van der Waals surface area contributed by atoms with Crippen LogP contribution in [0.2, 0.25) is 0 Å². The second kappa shape index (κ2) is 10.9. The topological polar surface area (TPSA) is 64.1 Å². The molecule has 2 heterocycles. The van der Waals surface area contributed by atoms with Crippen molar-refractivity contribution < 1.29 is 22.7 Å². The lowest BCUT2D eigenvalue weighted by atomic mass is 10.0. The molecule has 1 unspecified atom stereocenters. The Hall–Kier alpha value is -2.73. The molecular weight excluding hydrogens is 450 g/mol. The number of ether oxygens (including phenoxy) is 1. The minimum absolute atomic E-state index is 0.121. The van der Waals surface area contributed by atoms with E-state index >= 15 is 0 Å². The van der Waals surface area contributed by atoms with Gasteiger partial charge < -0.3 is 10.1 Å². The van der Waals surface area contributed by atoms with Gasteiger partial charge >= 0.3 is 0 Å². The van der Waals surface area contributed by atoms with Gasteiger partial charge in [0.15, 0.2) is 5.82 Å². The Balaban J connectivity index is 0.00000122. The van der Waals surface area contributed by atoms with Crippen LogP contribution in [0.25, 0.3) is 11.3 Å². The van der Waals surface area contributed by atoms with Crippen molar-refractivity contribution in [1.82, 2.24) is 15.3 Å². The molecule has 178 valence electrons. The maximum Gasteiger partial charge on any atom is 0.283 e. The largest absolute Gasteiger partial charge is 0.479 e. The normalized spacial score (nSPS) is 14.6. The third-order valence-corrected chi connectivity index (χ3v) is 5.29. The molecule has 0 saturated heterocycles. The van der Waals surface area contributed by atoms with Crippen molar-refractivity contribution in [3.8, 4) is 17.1 Å². The zero-order valence-electron chi connectivity index (χ0n) is 19.2. The highest BCUT2D eigenvalue weighted by Gasteiger charge is 2.46. The number of pyridine rings is 2. The molecule has 2 aromatic heterocycles. The van der Waals surface area contributed by atoms with E-state index in [4.69, 9.17) is 4.74 Å². The Kier molecular flexibility index (Phi) is 8.78. The highest BCUT2D eigenvalue weighted by atomic mass is 31.0. The lowest BCUT2D eigenvalue weighted by Crippen LogP contribution is -2.35. The van der Waals surface area contributed by atoms with Crippen LogP contribution in [0.4, 0.5) is 13.2 Å². The fourth-order valence-corrected chi connectivity index (χ4v) is 3.03. The van der Waals surface area contributed by atoms with Crippen LogP contribution >= 0.6 is 9.24 Å². The van der Waals surface area contributed by atoms with Gasteiger partial charge in [0.2, 0.25) is 5.91 Å². The first-order valence-electron chi connectivity index (χ1n) is 10.5. The van der Waals surface area contributed by atoms with E-state index in [-0.39, 0.29) is 17.0 Å². The molecule has 0 aliphatic heterocycles. The van der Waals surface area contributed by atoms with Crippen LogP contribution in [-0.4, -0.2) is 28.6 Å². The third kappa shape index (κ3) is 6.64. The number of carbonyl (C=O) groups is 1. The summed E-state index contributed by atoms with van der Waals surface area (Å²) in [6.07, 6.45) is 6.69. The molecule has 0 aromatic carbocycles. The number of methoxy groups -OCH3 is 1. The number of halogens is 3. The minimum Gasteiger partial charge on any atom is -0.479 e. The van der Waals surface area contributed by atoms with Crippen LogP contribution in [0.1, 0.15) is 45.6 Å². The Labute approximate surface area is 194 Å². The van der Waals surface area contributed by atoms with Crippen LogP contribution in [0.3, 0.4) is 0 Å². The Morgan fingerprint density at radius 2 is 1.94 bits per heavy atom. The highest BCUT2D eigenvalue weighted by molar-refractivity contribution is 7.18. The summed E-state index contributed by atoms with van der Waals surface area (Å²) in [7, 11) is 2.72. The number of alkyl halides is 2. The predicted molar refractivity (Wildman–Crippen MR) is 127 cm³/mol. The molecule has 3 rings (SSSR count). The average molecular weight is 479 g/mol. The van der Waals surface area contributed by atoms with Gasteiger partial charge in [0, 0.05) is 29.1 Å². The smallest absolute Gasteiger partial charge is 0.283 e. The summed E-state index contributed by atoms with van der Waals surface area (Å²) in [4.78, 5) is 20.6. The molecule has 33 heavy (non-hydrogen) atoms. The Morgan fingerprint density at radius 3 is 2.42 bits per heavy atom. The third-order valence-electron chi connectivity index (χ3n) is 4.92. The summed E-state index contributed by atoms with van der Waals surface area (Å²) in [5, 5.41) is 2.88. The number of aromatic nitrogens is 2. The first-order valence-corrected chi connectivity index (χ1v) is 11.1. The summed E-state index contributed by atoms with van der Waals surface area (Å²) in [5.41, 5.74) is -2.73. The number of nitrogens with one attached hydrogen (secondary N) is 1. The summed E-state index contributed by atoms with van der Waals surface area (Å²) < 4.78 is 45.8. The molecule has 0 radical (unpaired) electrons. The van der Waals surface area contributed by atoms with E-state index < -0.39 is 28.5 Å². The summed E-state index contributed by atoms with van der Waals surface area (Å²) >= 11 is 0. The molecular formula is C24H29F3N3O2P. The van der Waals surface area contributed by atoms with Crippen LogP contribution in [0, 0.1) is 5.82 Å². The van der Waals surface area contributed by atoms with E-state index in [2.05, 4.69) is 35.7 Å². The summed E-state index contributed by atoms with van der Waals surface area (Å²) in [6.45, 7) is 9.00. The van der Waals surface area contributed by atoms with Crippen molar-refractivity contribution in [2.75, 3.05) is 7.11 Å². The van der Waals surface area contributed by atoms with Crippen molar-refractivity contribution in [2.24, 2.45) is 0 Å². The molecule has 2 aromatic rings. The van der Waals surface area contributed by atoms with Gasteiger partial charge in [-0.3, -0.25) is 9.78 Å². The number of nitrogens with zero attached hydrogens (tertiary/aromatic N) is 2. The first-order chi connectivity index (χ1) is 15.5. The zero-order valence-corrected chi connectivity index (χ0v) is 20.4. The van der Waals surface area contributed by atoms with Crippen LogP contribution < -0.4 is 10.1 Å². The molecule has 1 fully saturated rings. The minimum atomic E-state index is -3.18. The molecule has 1 atom stereocenters. The van der Waals surface area contributed by atoms with Crippen molar-refractivity contribution >= 4 is 15.1 Å². The van der Waals surface area contributed by atoms with E-state index in [9.17, 15) is 18.0 Å². The standard InChI is InChI=1S/C21H21F3N3O2P.C3H8/c1-12(10-13(2)21(23,24)30)18(28)27-20(7-8-20)14-4-5-16(26-11-14)15-6-9-25-19(29-3)17(15)22;1-3-2/h4-6,9-11H,2,7-8,30H2,1,3H3,(H,27,28);3H2,1-2H3/b12-10+;. The van der Waals surface area contributed by atoms with E-state index in [1.807, 2.05) is 0 Å². The monoisotopic (exact) mass is 479 g/mol. The fourth-order valence-electron chi connectivity index (χ4n) is 2.95. The van der Waals surface area contributed by atoms with Gasteiger partial charge in [0.05, 0.1) is 18.3 Å². The van der Waals surface area contributed by atoms with Crippen LogP contribution in [0.15, 0.2) is 54.4 Å². The molecule has 0 bridgehead atoms. The van der Waals surface area contributed by atoms with Crippen molar-refractivity contribution in [3.05, 3.63) is 65.8 Å². The van der Waals surface area contributed by atoms with Gasteiger partial charge in [-0.1, -0.05) is 42.2 Å². The Bertz CT molecular complexity index is 1030. The lowest BCUT2D eigenvalue weighted by Gasteiger charge is -2.19. The molecule has 1 N–H and O–H groups in total. The van der Waals surface area contributed by atoms with Crippen molar-refractivity contribution in [2.45, 2.75) is 51.2 Å². The number of hydrogen-bond donors (Lipinski definition) is 1. The molecule has 1 saturated carbocycles. The van der Waals surface area contributed by atoms with Crippen LogP contribution in [-0.2, 0) is 10.3 Å². The number of carbonyl (C=O) groups excluding carboxylic acids is 1. The molecule has 1 aliphatic carbocycles. The second-order valence-corrected chi connectivity index (χ2v) is 8.56. The molecule has 9 heteroatoms. The Morgan fingerprint density at radius 1 is 1.30 bits per heavy atom. The fraction of sp³-hybridized carbons (Fsp3) is 0.375. The SMILES string of the molecule is C=C(/C=C(\C)C(=O)NC1(c2ccc(-c3ccnc(OC)c3F)nc2)CC1)C(F)(F)P.CCC. The van der Waals surface area contributed by atoms with E-state index in [0.717, 1.165) is 11.6 Å². The van der Waals surface area contributed by atoms with Gasteiger partial charge in [0.25, 0.3) is 11.5 Å². The number of hydrogen-bond acceptors (Lipinski definition) is 4. The quantitative estimate of drug-likeness (QED) is 0.311.